The van der Waals surface area contributed by atoms with Crippen LogP contribution in [0.4, 0.5) is 5.69 Å². The molecule has 2 aromatic carbocycles. The molecule has 0 aliphatic rings. The molecule has 27 heavy (non-hydrogen) atoms. The summed E-state index contributed by atoms with van der Waals surface area (Å²) >= 11 is 0. The molecule has 142 valence electrons. The van der Waals surface area contributed by atoms with E-state index in [0.717, 1.165) is 5.52 Å². The molecule has 0 fully saturated rings. The van der Waals surface area contributed by atoms with E-state index in [4.69, 9.17) is 5.14 Å². The number of hydrogen-bond acceptors (Lipinski definition) is 4. The van der Waals surface area contributed by atoms with E-state index in [1.165, 1.54) is 15.2 Å². The number of nitrogens with zero attached hydrogens (tertiary/aromatic N) is 2. The van der Waals surface area contributed by atoms with Gasteiger partial charge in [0, 0.05) is 12.7 Å². The molecule has 0 aliphatic heterocycles. The number of primary sulfonamides is 1. The number of amides is 1. The Kier molecular flexibility index (Phi) is 4.90. The number of carbonyl (C=O) groups excluding carboxylic acids is 1. The van der Waals surface area contributed by atoms with Crippen LogP contribution in [0.2, 0.25) is 0 Å². The number of rotatable bonds is 5. The van der Waals surface area contributed by atoms with Crippen molar-refractivity contribution in [3.05, 3.63) is 58.5 Å². The topological polar surface area (TPSA) is 116 Å². The maximum Gasteiger partial charge on any atom is 0.329 e. The van der Waals surface area contributed by atoms with E-state index in [1.807, 2.05) is 13.0 Å². The molecule has 0 saturated heterocycles. The van der Waals surface area contributed by atoms with Crippen molar-refractivity contribution in [3.8, 4) is 0 Å². The average Bonchev–Trinajstić information content (AvgIpc) is 2.86. The normalized spacial score (nSPS) is 11.7. The van der Waals surface area contributed by atoms with Crippen molar-refractivity contribution in [2.24, 2.45) is 12.2 Å². The second-order valence-electron chi connectivity index (χ2n) is 6.19. The number of aromatic nitrogens is 2. The van der Waals surface area contributed by atoms with Crippen molar-refractivity contribution in [1.82, 2.24) is 9.13 Å². The van der Waals surface area contributed by atoms with Crippen LogP contribution in [-0.4, -0.2) is 23.5 Å². The number of benzene rings is 2. The van der Waals surface area contributed by atoms with Crippen LogP contribution in [-0.2, 0) is 34.8 Å². The first-order valence-electron chi connectivity index (χ1n) is 8.32. The molecule has 1 amide bonds. The van der Waals surface area contributed by atoms with Gasteiger partial charge in [-0.1, -0.05) is 25.1 Å². The predicted octanol–water partition coefficient (Wildman–Crippen LogP) is 1.19. The van der Waals surface area contributed by atoms with Gasteiger partial charge in [0.25, 0.3) is 0 Å². The summed E-state index contributed by atoms with van der Waals surface area (Å²) in [6.45, 7) is 1.62. The van der Waals surface area contributed by atoms with Gasteiger partial charge in [-0.3, -0.25) is 13.9 Å². The van der Waals surface area contributed by atoms with E-state index in [0.29, 0.717) is 23.2 Å². The smallest absolute Gasteiger partial charge is 0.324 e. The molecular formula is C18H20N4O4S. The number of hydrogen-bond donors (Lipinski definition) is 2. The molecule has 1 aromatic heterocycles. The third kappa shape index (κ3) is 3.64. The highest BCUT2D eigenvalue weighted by atomic mass is 32.2. The van der Waals surface area contributed by atoms with E-state index in [1.54, 1.807) is 37.4 Å². The van der Waals surface area contributed by atoms with Gasteiger partial charge in [0.05, 0.1) is 15.9 Å². The largest absolute Gasteiger partial charge is 0.329 e. The fourth-order valence-electron chi connectivity index (χ4n) is 3.05. The Balaban J connectivity index is 1.90. The monoisotopic (exact) mass is 388 g/mol. The lowest BCUT2D eigenvalue weighted by Gasteiger charge is -2.10. The first kappa shape index (κ1) is 18.9. The molecule has 3 rings (SSSR count). The molecule has 3 aromatic rings. The Bertz CT molecular complexity index is 1190. The van der Waals surface area contributed by atoms with Crippen molar-refractivity contribution in [1.29, 1.82) is 0 Å². The highest BCUT2D eigenvalue weighted by Crippen LogP contribution is 2.20. The van der Waals surface area contributed by atoms with Crippen molar-refractivity contribution in [2.45, 2.75) is 24.8 Å². The third-order valence-corrected chi connectivity index (χ3v) is 5.38. The number of sulfonamides is 1. The zero-order valence-corrected chi connectivity index (χ0v) is 15.8. The molecule has 1 heterocycles. The van der Waals surface area contributed by atoms with Crippen LogP contribution < -0.4 is 16.1 Å². The first-order chi connectivity index (χ1) is 12.7. The van der Waals surface area contributed by atoms with E-state index < -0.39 is 15.9 Å². The zero-order valence-electron chi connectivity index (χ0n) is 15.0. The predicted molar refractivity (Wildman–Crippen MR) is 103 cm³/mol. The third-order valence-electron chi connectivity index (χ3n) is 4.39. The maximum absolute atomic E-state index is 12.4. The number of fused-ring (bicyclic) bond motifs is 1. The van der Waals surface area contributed by atoms with Crippen LogP contribution in [0.25, 0.3) is 11.0 Å². The fraction of sp³-hybridized carbons (Fsp3) is 0.222. The van der Waals surface area contributed by atoms with Crippen molar-refractivity contribution >= 4 is 32.7 Å². The lowest BCUT2D eigenvalue weighted by Crippen LogP contribution is -2.28. The summed E-state index contributed by atoms with van der Waals surface area (Å²) in [6.07, 6.45) is 0.491. The number of aryl methyl sites for hydroxylation is 2. The quantitative estimate of drug-likeness (QED) is 0.683. The van der Waals surface area contributed by atoms with Crippen LogP contribution >= 0.6 is 0 Å². The minimum atomic E-state index is -3.90. The fourth-order valence-corrected chi connectivity index (χ4v) is 3.92. The standard InChI is InChI=1S/C18H20N4O4S/c1-3-12-8-9-13(10-16(12)27(19,25)26)20-17(23)11-22-15-7-5-4-6-14(15)21(2)18(22)24/h4-10H,3,11H2,1-2H3,(H,20,23)(H2,19,25,26). The van der Waals surface area contributed by atoms with Crippen molar-refractivity contribution < 1.29 is 13.2 Å². The molecule has 3 N–H and O–H groups in total. The van der Waals surface area contributed by atoms with Crippen LogP contribution in [0.15, 0.2) is 52.2 Å². The second kappa shape index (κ2) is 7.01. The highest BCUT2D eigenvalue weighted by molar-refractivity contribution is 7.89. The van der Waals surface area contributed by atoms with Gasteiger partial charge in [-0.05, 0) is 36.2 Å². The summed E-state index contributed by atoms with van der Waals surface area (Å²) in [4.78, 5) is 24.8. The molecular weight excluding hydrogens is 368 g/mol. The number of nitrogens with one attached hydrogen (secondary N) is 1. The lowest BCUT2D eigenvalue weighted by atomic mass is 10.1. The average molecular weight is 388 g/mol. The number of imidazole rings is 1. The summed E-state index contributed by atoms with van der Waals surface area (Å²) in [5.41, 5.74) is 1.93. The van der Waals surface area contributed by atoms with Gasteiger partial charge >= 0.3 is 5.69 Å². The summed E-state index contributed by atoms with van der Waals surface area (Å²) < 4.78 is 26.3. The van der Waals surface area contributed by atoms with Gasteiger partial charge in [-0.2, -0.15) is 0 Å². The summed E-state index contributed by atoms with van der Waals surface area (Å²) in [5.74, 6) is -0.446. The SMILES string of the molecule is CCc1ccc(NC(=O)Cn2c(=O)n(C)c3ccccc32)cc1S(N)(=O)=O. The van der Waals surface area contributed by atoms with Crippen molar-refractivity contribution in [2.75, 3.05) is 5.32 Å². The number of carbonyl (C=O) groups is 1. The molecule has 8 nitrogen and oxygen atoms in total. The molecule has 0 radical (unpaired) electrons. The number of para-hydroxylation sites is 2. The first-order valence-corrected chi connectivity index (χ1v) is 9.87. The van der Waals surface area contributed by atoms with Crippen LogP contribution in [0.5, 0.6) is 0 Å². The van der Waals surface area contributed by atoms with E-state index in [2.05, 4.69) is 5.32 Å². The van der Waals surface area contributed by atoms with Gasteiger partial charge in [0.2, 0.25) is 15.9 Å². The second-order valence-corrected chi connectivity index (χ2v) is 7.72. The Morgan fingerprint density at radius 3 is 2.44 bits per heavy atom. The van der Waals surface area contributed by atoms with Gasteiger partial charge in [0.15, 0.2) is 0 Å². The summed E-state index contributed by atoms with van der Waals surface area (Å²) in [6, 6.07) is 11.7. The van der Waals surface area contributed by atoms with Gasteiger partial charge in [0.1, 0.15) is 6.54 Å². The van der Waals surface area contributed by atoms with Crippen LogP contribution in [0.3, 0.4) is 0 Å². The lowest BCUT2D eigenvalue weighted by molar-refractivity contribution is -0.116. The van der Waals surface area contributed by atoms with Gasteiger partial charge in [-0.25, -0.2) is 18.4 Å². The molecule has 0 unspecified atom stereocenters. The Labute approximate surface area is 156 Å². The number of nitrogens with two attached hydrogens (primary N) is 1. The summed E-state index contributed by atoms with van der Waals surface area (Å²) in [5, 5.41) is 7.88. The number of anilines is 1. The Morgan fingerprint density at radius 2 is 1.81 bits per heavy atom. The van der Waals surface area contributed by atoms with E-state index in [9.17, 15) is 18.0 Å². The minimum absolute atomic E-state index is 0.0230. The van der Waals surface area contributed by atoms with E-state index in [-0.39, 0.29) is 17.1 Å². The molecule has 0 saturated carbocycles. The Morgan fingerprint density at radius 1 is 1.15 bits per heavy atom. The van der Waals surface area contributed by atoms with Gasteiger partial charge < -0.3 is 5.32 Å². The minimum Gasteiger partial charge on any atom is -0.324 e. The highest BCUT2D eigenvalue weighted by Gasteiger charge is 2.16. The maximum atomic E-state index is 12.4. The van der Waals surface area contributed by atoms with Crippen molar-refractivity contribution in [3.63, 3.8) is 0 Å². The summed E-state index contributed by atoms with van der Waals surface area (Å²) in [7, 11) is -2.26. The zero-order chi connectivity index (χ0) is 19.8. The Hall–Kier alpha value is -2.91. The van der Waals surface area contributed by atoms with Gasteiger partial charge in [-0.15, -0.1) is 0 Å². The molecule has 0 bridgehead atoms. The molecule has 0 aliphatic carbocycles. The van der Waals surface area contributed by atoms with Crippen LogP contribution in [0, 0.1) is 0 Å². The molecule has 0 atom stereocenters. The molecule has 9 heteroatoms. The van der Waals surface area contributed by atoms with E-state index >= 15 is 0 Å². The molecule has 0 spiro atoms. The van der Waals surface area contributed by atoms with Crippen LogP contribution in [0.1, 0.15) is 12.5 Å².